The minimum Gasteiger partial charge on any atom is -0.663 e. The van der Waals surface area contributed by atoms with Crippen LogP contribution in [0.5, 0.6) is 0 Å². The van der Waals surface area contributed by atoms with Crippen molar-refractivity contribution in [3.63, 3.8) is 0 Å². The van der Waals surface area contributed by atoms with Gasteiger partial charge < -0.3 is 15.5 Å². The van der Waals surface area contributed by atoms with Crippen molar-refractivity contribution in [1.29, 1.82) is 0 Å². The zero-order valence-electron chi connectivity index (χ0n) is 7.43. The third-order valence-corrected chi connectivity index (χ3v) is 1.45. The number of aliphatic hydroxyl groups excluding tert-OH is 1. The summed E-state index contributed by atoms with van der Waals surface area (Å²) in [5.74, 6) is 0. The molecule has 72 valence electrons. The highest BCUT2D eigenvalue weighted by Crippen LogP contribution is 1.88. The average Bonchev–Trinajstić information content (AvgIpc) is 2.07. The molecule has 0 saturated heterocycles. The van der Waals surface area contributed by atoms with Crippen LogP contribution < -0.4 is 0 Å². The Morgan fingerprint density at radius 1 is 1.25 bits per heavy atom. The van der Waals surface area contributed by atoms with E-state index in [9.17, 15) is 10.4 Å². The molecular formula is C6H15N3O3. The quantitative estimate of drug-likeness (QED) is 0.355. The van der Waals surface area contributed by atoms with E-state index in [1.54, 1.807) is 13.8 Å². The molecule has 0 aromatic carbocycles. The third kappa shape index (κ3) is 2.91. The van der Waals surface area contributed by atoms with E-state index >= 15 is 0 Å². The summed E-state index contributed by atoms with van der Waals surface area (Å²) in [5.41, 5.74) is 0. The zero-order valence-corrected chi connectivity index (χ0v) is 7.43. The van der Waals surface area contributed by atoms with Gasteiger partial charge in [0.2, 0.25) is 0 Å². The fraction of sp³-hybridized carbons (Fsp3) is 1.00. The van der Waals surface area contributed by atoms with Crippen LogP contribution in [0.4, 0.5) is 0 Å². The van der Waals surface area contributed by atoms with E-state index in [1.165, 1.54) is 5.01 Å². The average molecular weight is 177 g/mol. The lowest BCUT2D eigenvalue weighted by atomic mass is 10.6. The van der Waals surface area contributed by atoms with Gasteiger partial charge in [-0.3, -0.25) is 0 Å². The molecule has 6 heteroatoms. The van der Waals surface area contributed by atoms with Crippen LogP contribution in [0.1, 0.15) is 13.8 Å². The summed E-state index contributed by atoms with van der Waals surface area (Å²) in [6.07, 6.45) is 0. The second-order valence-electron chi connectivity index (χ2n) is 2.19. The Labute approximate surface area is 71.5 Å². The Balaban J connectivity index is 4.28. The first-order valence-corrected chi connectivity index (χ1v) is 3.94. The van der Waals surface area contributed by atoms with Crippen molar-refractivity contribution in [3.8, 4) is 0 Å². The molecule has 0 amide bonds. The van der Waals surface area contributed by atoms with Gasteiger partial charge in [-0.1, -0.05) is 0 Å². The molecule has 12 heavy (non-hydrogen) atoms. The van der Waals surface area contributed by atoms with Crippen LogP contribution in [0.15, 0.2) is 0 Å². The Morgan fingerprint density at radius 3 is 2.08 bits per heavy atom. The van der Waals surface area contributed by atoms with Crippen LogP contribution in [0, 0.1) is 10.4 Å². The van der Waals surface area contributed by atoms with E-state index in [-0.39, 0.29) is 23.0 Å². The second kappa shape index (κ2) is 5.59. The van der Waals surface area contributed by atoms with Crippen molar-refractivity contribution in [1.82, 2.24) is 5.01 Å². The van der Waals surface area contributed by atoms with E-state index in [4.69, 9.17) is 5.11 Å². The van der Waals surface area contributed by atoms with E-state index in [2.05, 4.69) is 0 Å². The number of rotatable bonds is 5. The number of hydroxylamine groups is 1. The summed E-state index contributed by atoms with van der Waals surface area (Å²) < 4.78 is 0. The molecule has 0 radical (unpaired) electrons. The van der Waals surface area contributed by atoms with Crippen LogP contribution in [0.2, 0.25) is 0 Å². The van der Waals surface area contributed by atoms with Crippen LogP contribution in [-0.4, -0.2) is 46.2 Å². The molecule has 0 fully saturated rings. The molecule has 0 atom stereocenters. The van der Waals surface area contributed by atoms with Crippen molar-refractivity contribution in [2.24, 2.45) is 0 Å². The molecule has 0 aliphatic rings. The Bertz CT molecular complexity index is 156. The second-order valence-corrected chi connectivity index (χ2v) is 2.19. The predicted octanol–water partition coefficient (Wildman–Crippen LogP) is -0.292. The summed E-state index contributed by atoms with van der Waals surface area (Å²) in [6, 6.07) is 0. The molecule has 0 aromatic rings. The van der Waals surface area contributed by atoms with Gasteiger partial charge in [-0.25, -0.2) is 0 Å². The third-order valence-electron chi connectivity index (χ3n) is 1.45. The smallest absolute Gasteiger partial charge is 0.175 e. The maximum Gasteiger partial charge on any atom is 0.175 e. The van der Waals surface area contributed by atoms with Crippen LogP contribution in [-0.2, 0) is 0 Å². The maximum absolute atomic E-state index is 11.0. The van der Waals surface area contributed by atoms with Crippen molar-refractivity contribution in [2.75, 3.05) is 26.2 Å². The number of hydrogen-bond acceptors (Lipinski definition) is 3. The molecule has 0 heterocycles. The Kier molecular flexibility index (Phi) is 5.11. The van der Waals surface area contributed by atoms with Crippen LogP contribution in [0.3, 0.4) is 0 Å². The highest BCUT2D eigenvalue weighted by molar-refractivity contribution is 4.29. The SMILES string of the molecule is CCN(CC)/[N+]([O-])=[N+](\[O-])CCO. The minimum absolute atomic E-state index is 0.188. The number of hydrazine groups is 1. The van der Waals surface area contributed by atoms with Crippen molar-refractivity contribution >= 4 is 0 Å². The summed E-state index contributed by atoms with van der Waals surface area (Å²) in [6.45, 7) is 4.00. The first kappa shape index (κ1) is 11.0. The van der Waals surface area contributed by atoms with Gasteiger partial charge >= 0.3 is 0 Å². The lowest BCUT2D eigenvalue weighted by molar-refractivity contribution is -1.04. The molecule has 0 spiro atoms. The summed E-state index contributed by atoms with van der Waals surface area (Å²) >= 11 is 0. The molecule has 0 unspecified atom stereocenters. The number of hydrogen-bond donors (Lipinski definition) is 1. The number of nitrogens with zero attached hydrogens (tertiary/aromatic N) is 3. The van der Waals surface area contributed by atoms with E-state index in [0.29, 0.717) is 13.1 Å². The normalized spacial score (nSPS) is 12.6. The topological polar surface area (TPSA) is 75.6 Å². The highest BCUT2D eigenvalue weighted by Gasteiger charge is 2.15. The maximum atomic E-state index is 11.0. The fourth-order valence-corrected chi connectivity index (χ4v) is 0.778. The Hall–Kier alpha value is -1.04. The molecule has 0 rings (SSSR count). The van der Waals surface area contributed by atoms with Gasteiger partial charge in [-0.15, -0.1) is 0 Å². The molecule has 6 nitrogen and oxygen atoms in total. The molecular weight excluding hydrogens is 162 g/mol. The van der Waals surface area contributed by atoms with Gasteiger partial charge in [-0.2, -0.15) is 0 Å². The highest BCUT2D eigenvalue weighted by atomic mass is 16.6. The predicted molar refractivity (Wildman–Crippen MR) is 42.1 cm³/mol. The summed E-state index contributed by atoms with van der Waals surface area (Å²) in [4.78, 5) is 0.420. The van der Waals surface area contributed by atoms with Gasteiger partial charge in [0, 0.05) is 0 Å². The van der Waals surface area contributed by atoms with Gasteiger partial charge in [0.1, 0.15) is 13.1 Å². The minimum atomic E-state index is -0.316. The van der Waals surface area contributed by atoms with E-state index in [1.807, 2.05) is 0 Å². The van der Waals surface area contributed by atoms with Gasteiger partial charge in [0.15, 0.2) is 11.5 Å². The molecule has 0 aliphatic carbocycles. The van der Waals surface area contributed by atoms with Gasteiger partial charge in [-0.05, 0) is 23.7 Å². The zero-order chi connectivity index (χ0) is 9.56. The molecule has 0 aliphatic heterocycles. The van der Waals surface area contributed by atoms with Crippen LogP contribution >= 0.6 is 0 Å². The van der Waals surface area contributed by atoms with Crippen molar-refractivity contribution in [2.45, 2.75) is 13.8 Å². The molecule has 0 bridgehead atoms. The van der Waals surface area contributed by atoms with Crippen molar-refractivity contribution in [3.05, 3.63) is 10.4 Å². The summed E-state index contributed by atoms with van der Waals surface area (Å²) in [7, 11) is 0. The standard InChI is InChI=1S/C6H15N3O3/c1-3-7(4-2)9(12)8(11)5-6-10/h10H,3-6H2,1-2H3/b9-8+. The Morgan fingerprint density at radius 2 is 1.75 bits per heavy atom. The van der Waals surface area contributed by atoms with Crippen molar-refractivity contribution < 1.29 is 14.9 Å². The lowest BCUT2D eigenvalue weighted by Gasteiger charge is -2.12. The van der Waals surface area contributed by atoms with E-state index in [0.717, 1.165) is 0 Å². The number of aliphatic hydroxyl groups is 1. The molecule has 1 N–H and O–H groups in total. The largest absolute Gasteiger partial charge is 0.663 e. The summed E-state index contributed by atoms with van der Waals surface area (Å²) in [5, 5.41) is 31.6. The monoisotopic (exact) mass is 177 g/mol. The fourth-order valence-electron chi connectivity index (χ4n) is 0.778. The molecule has 0 aromatic heterocycles. The van der Waals surface area contributed by atoms with Gasteiger partial charge in [0.25, 0.3) is 0 Å². The van der Waals surface area contributed by atoms with Crippen LogP contribution in [0.25, 0.3) is 0 Å². The lowest BCUT2D eigenvalue weighted by Crippen LogP contribution is -2.36. The molecule has 0 saturated carbocycles. The van der Waals surface area contributed by atoms with Gasteiger partial charge in [0.05, 0.1) is 6.61 Å². The first-order valence-electron chi connectivity index (χ1n) is 3.94. The van der Waals surface area contributed by atoms with E-state index < -0.39 is 0 Å². The first-order chi connectivity index (χ1) is 5.67.